The first-order valence-corrected chi connectivity index (χ1v) is 11.5. The van der Waals surface area contributed by atoms with Crippen LogP contribution in [0.1, 0.15) is 31.9 Å². The normalized spacial score (nSPS) is 18.8. The number of benzene rings is 2. The second kappa shape index (κ2) is 10.2. The number of hydrogen-bond acceptors (Lipinski definition) is 6. The summed E-state index contributed by atoms with van der Waals surface area (Å²) in [6.45, 7) is 3.97. The van der Waals surface area contributed by atoms with E-state index in [-0.39, 0.29) is 41.4 Å². The van der Waals surface area contributed by atoms with Gasteiger partial charge in [0.2, 0.25) is 10.0 Å². The first-order chi connectivity index (χ1) is 14.7. The van der Waals surface area contributed by atoms with Gasteiger partial charge in [-0.05, 0) is 47.9 Å². The Morgan fingerprint density at radius 1 is 1.19 bits per heavy atom. The maximum atomic E-state index is 13.4. The third-order valence-corrected chi connectivity index (χ3v) is 6.11. The largest absolute Gasteiger partial charge is 0.484 e. The summed E-state index contributed by atoms with van der Waals surface area (Å²) in [5.41, 5.74) is 6.79. The highest BCUT2D eigenvalue weighted by molar-refractivity contribution is 7.89. The summed E-state index contributed by atoms with van der Waals surface area (Å²) in [4.78, 5) is 12.3. The minimum absolute atomic E-state index is 0.124. The molecule has 2 unspecified atom stereocenters. The minimum atomic E-state index is -3.57. The molecular formula is C21H27FN4O4S. The number of halogens is 1. The highest BCUT2D eigenvalue weighted by atomic mass is 32.2. The molecule has 168 valence electrons. The number of sulfonamides is 1. The fourth-order valence-corrected chi connectivity index (χ4v) is 4.27. The van der Waals surface area contributed by atoms with E-state index in [1.54, 1.807) is 6.07 Å². The molecule has 3 rings (SSSR count). The van der Waals surface area contributed by atoms with E-state index in [1.165, 1.54) is 36.4 Å². The molecule has 4 N–H and O–H groups in total. The lowest BCUT2D eigenvalue weighted by atomic mass is 10.0. The summed E-state index contributed by atoms with van der Waals surface area (Å²) in [6.07, 6.45) is 0.217. The molecule has 31 heavy (non-hydrogen) atoms. The van der Waals surface area contributed by atoms with Crippen molar-refractivity contribution < 1.29 is 22.3 Å². The van der Waals surface area contributed by atoms with Gasteiger partial charge in [0.1, 0.15) is 11.6 Å². The van der Waals surface area contributed by atoms with Crippen LogP contribution in [0.25, 0.3) is 0 Å². The maximum Gasteiger partial charge on any atom is 0.259 e. The third-order valence-electron chi connectivity index (χ3n) is 4.68. The zero-order valence-electron chi connectivity index (χ0n) is 17.4. The van der Waals surface area contributed by atoms with E-state index in [1.807, 2.05) is 19.9 Å². The number of amides is 1. The van der Waals surface area contributed by atoms with Crippen molar-refractivity contribution in [3.63, 3.8) is 0 Å². The van der Waals surface area contributed by atoms with Crippen molar-refractivity contribution in [1.82, 2.24) is 20.9 Å². The number of nitrogens with one attached hydrogen (secondary N) is 4. The highest BCUT2D eigenvalue weighted by Gasteiger charge is 2.26. The first kappa shape index (κ1) is 23.1. The topological polar surface area (TPSA) is 109 Å². The van der Waals surface area contributed by atoms with E-state index < -0.39 is 10.0 Å². The Balaban J connectivity index is 1.46. The van der Waals surface area contributed by atoms with E-state index >= 15 is 0 Å². The molecule has 1 amide bonds. The molecular weight excluding hydrogens is 423 g/mol. The highest BCUT2D eigenvalue weighted by Crippen LogP contribution is 2.22. The summed E-state index contributed by atoms with van der Waals surface area (Å²) in [5.74, 6) is -0.0677. The summed E-state index contributed by atoms with van der Waals surface area (Å²) < 4.78 is 45.8. The predicted octanol–water partition coefficient (Wildman–Crippen LogP) is 1.82. The number of carbonyl (C=O) groups is 1. The Kier molecular flexibility index (Phi) is 7.60. The molecule has 1 saturated heterocycles. The Labute approximate surface area is 181 Å². The van der Waals surface area contributed by atoms with Gasteiger partial charge in [0.15, 0.2) is 6.61 Å². The number of ether oxygens (including phenoxy) is 1. The molecule has 0 bridgehead atoms. The van der Waals surface area contributed by atoms with Crippen molar-refractivity contribution in [2.24, 2.45) is 5.92 Å². The molecule has 1 fully saturated rings. The van der Waals surface area contributed by atoms with E-state index in [4.69, 9.17) is 4.74 Å². The third kappa shape index (κ3) is 6.73. The molecule has 1 aliphatic rings. The summed E-state index contributed by atoms with van der Waals surface area (Å²) in [6, 6.07) is 12.0. The minimum Gasteiger partial charge on any atom is -0.484 e. The molecule has 8 nitrogen and oxygen atoms in total. The van der Waals surface area contributed by atoms with Gasteiger partial charge in [0.25, 0.3) is 5.91 Å². The lowest BCUT2D eigenvalue weighted by Crippen LogP contribution is -2.45. The zero-order chi connectivity index (χ0) is 22.4. The van der Waals surface area contributed by atoms with Crippen molar-refractivity contribution >= 4 is 15.9 Å². The van der Waals surface area contributed by atoms with Crippen LogP contribution in [0, 0.1) is 11.7 Å². The van der Waals surface area contributed by atoms with Gasteiger partial charge in [-0.25, -0.2) is 28.4 Å². The van der Waals surface area contributed by atoms with Crippen molar-refractivity contribution in [3.8, 4) is 5.75 Å². The number of rotatable bonds is 9. The van der Waals surface area contributed by atoms with Crippen LogP contribution in [0.5, 0.6) is 5.75 Å². The monoisotopic (exact) mass is 450 g/mol. The van der Waals surface area contributed by atoms with E-state index in [2.05, 4.69) is 20.9 Å². The van der Waals surface area contributed by atoms with Crippen molar-refractivity contribution in [2.75, 3.05) is 13.2 Å². The molecule has 2 atom stereocenters. The van der Waals surface area contributed by atoms with Crippen molar-refractivity contribution in [1.29, 1.82) is 0 Å². The van der Waals surface area contributed by atoms with Crippen LogP contribution >= 0.6 is 0 Å². The second-order valence-corrected chi connectivity index (χ2v) is 9.52. The quantitative estimate of drug-likeness (QED) is 0.464. The standard InChI is InChI=1S/C21H27FN4O4S/c1-14(2)12-23-31(28,29)18-8-6-17(7-9-18)30-13-21(27)24-20-11-19(25-26-20)15-4-3-5-16(22)10-15/h3-10,14,19-20,23,25-26H,11-13H2,1-2H3,(H,24,27). The number of hydrazine groups is 1. The second-order valence-electron chi connectivity index (χ2n) is 7.76. The Morgan fingerprint density at radius 2 is 1.94 bits per heavy atom. The average Bonchev–Trinajstić information content (AvgIpc) is 3.20. The van der Waals surface area contributed by atoms with Crippen molar-refractivity contribution in [3.05, 3.63) is 59.9 Å². The van der Waals surface area contributed by atoms with Crippen LogP contribution in [0.4, 0.5) is 4.39 Å². The van der Waals surface area contributed by atoms with E-state index in [0.29, 0.717) is 18.7 Å². The summed E-state index contributed by atoms with van der Waals surface area (Å²) in [5, 5.41) is 2.79. The molecule has 0 aliphatic carbocycles. The van der Waals surface area contributed by atoms with Crippen LogP contribution in [-0.2, 0) is 14.8 Å². The lowest BCUT2D eigenvalue weighted by molar-refractivity contribution is -0.123. The Morgan fingerprint density at radius 3 is 2.61 bits per heavy atom. The van der Waals surface area contributed by atoms with Crippen LogP contribution in [-0.4, -0.2) is 33.6 Å². The van der Waals surface area contributed by atoms with Crippen molar-refractivity contribution in [2.45, 2.75) is 37.4 Å². The fraction of sp³-hybridized carbons (Fsp3) is 0.381. The van der Waals surface area contributed by atoms with Gasteiger partial charge in [-0.15, -0.1) is 0 Å². The zero-order valence-corrected chi connectivity index (χ0v) is 18.2. The summed E-state index contributed by atoms with van der Waals surface area (Å²) in [7, 11) is -3.57. The first-order valence-electron chi connectivity index (χ1n) is 10.0. The van der Waals surface area contributed by atoms with Gasteiger partial charge >= 0.3 is 0 Å². The van der Waals surface area contributed by atoms with Crippen LogP contribution in [0.15, 0.2) is 53.4 Å². The molecule has 0 saturated carbocycles. The van der Waals surface area contributed by atoms with Gasteiger partial charge in [0.05, 0.1) is 11.1 Å². The Hall–Kier alpha value is -2.53. The van der Waals surface area contributed by atoms with Gasteiger partial charge in [-0.3, -0.25) is 4.79 Å². The molecule has 1 aliphatic heterocycles. The van der Waals surface area contributed by atoms with Crippen LogP contribution in [0.2, 0.25) is 0 Å². The van der Waals surface area contributed by atoms with Crippen LogP contribution < -0.4 is 25.6 Å². The summed E-state index contributed by atoms with van der Waals surface area (Å²) >= 11 is 0. The van der Waals surface area contributed by atoms with E-state index in [0.717, 1.165) is 5.56 Å². The van der Waals surface area contributed by atoms with Gasteiger partial charge in [-0.2, -0.15) is 0 Å². The fourth-order valence-electron chi connectivity index (χ4n) is 3.05. The molecule has 0 spiro atoms. The molecule has 0 radical (unpaired) electrons. The molecule has 2 aromatic carbocycles. The number of carbonyl (C=O) groups excluding carboxylic acids is 1. The maximum absolute atomic E-state index is 13.4. The SMILES string of the molecule is CC(C)CNS(=O)(=O)c1ccc(OCC(=O)NC2CC(c3cccc(F)c3)NN2)cc1. The molecule has 0 aromatic heterocycles. The molecule has 10 heteroatoms. The van der Waals surface area contributed by atoms with Gasteiger partial charge < -0.3 is 10.1 Å². The average molecular weight is 451 g/mol. The van der Waals surface area contributed by atoms with E-state index in [9.17, 15) is 17.6 Å². The van der Waals surface area contributed by atoms with Gasteiger partial charge in [0, 0.05) is 19.0 Å². The van der Waals surface area contributed by atoms with Gasteiger partial charge in [-0.1, -0.05) is 26.0 Å². The smallest absolute Gasteiger partial charge is 0.259 e. The van der Waals surface area contributed by atoms with Crippen LogP contribution in [0.3, 0.4) is 0 Å². The number of hydrogen-bond donors (Lipinski definition) is 4. The Bertz CT molecular complexity index is 999. The predicted molar refractivity (Wildman–Crippen MR) is 114 cm³/mol. The molecule has 2 aromatic rings. The lowest BCUT2D eigenvalue weighted by Gasteiger charge is -2.13. The molecule has 1 heterocycles.